The first kappa shape index (κ1) is 16.9. The number of rotatable bonds is 3. The molecule has 5 atom stereocenters. The van der Waals surface area contributed by atoms with Gasteiger partial charge in [-0.2, -0.15) is 0 Å². The normalized spacial score (nSPS) is 31.8. The molecule has 1 aromatic rings. The molecular weight excluding hydrogens is 292 g/mol. The average molecular weight is 312 g/mol. The van der Waals surface area contributed by atoms with E-state index in [0.29, 0.717) is 5.56 Å². The van der Waals surface area contributed by atoms with Gasteiger partial charge in [-0.3, -0.25) is 0 Å². The highest BCUT2D eigenvalue weighted by atomic mass is 16.6. The van der Waals surface area contributed by atoms with Gasteiger partial charge in [-0.25, -0.2) is 4.79 Å². The third-order valence-corrected chi connectivity index (χ3v) is 3.81. The van der Waals surface area contributed by atoms with Crippen LogP contribution in [0.1, 0.15) is 21.5 Å². The molecule has 1 aromatic carbocycles. The van der Waals surface area contributed by atoms with E-state index in [0.717, 1.165) is 11.1 Å². The van der Waals surface area contributed by atoms with E-state index in [-0.39, 0.29) is 6.61 Å². The molecule has 0 amide bonds. The molecule has 1 aliphatic heterocycles. The molecule has 0 radical (unpaired) electrons. The predicted octanol–water partition coefficient (Wildman–Crippen LogP) is -0.740. The van der Waals surface area contributed by atoms with Crippen molar-refractivity contribution in [1.29, 1.82) is 0 Å². The Kier molecular flexibility index (Phi) is 5.15. The Bertz CT molecular complexity index is 545. The first-order valence-corrected chi connectivity index (χ1v) is 6.93. The van der Waals surface area contributed by atoms with Crippen molar-refractivity contribution in [1.82, 2.24) is 0 Å². The van der Waals surface area contributed by atoms with Crippen molar-refractivity contribution in [2.75, 3.05) is 6.61 Å². The van der Waals surface area contributed by atoms with Gasteiger partial charge in [0.05, 0.1) is 5.56 Å². The number of ether oxygens (including phenoxy) is 2. The molecule has 0 aromatic heterocycles. The molecular formula is C15H20O7. The SMILES string of the molecule is Cc1ccc(C(=O)OC[C@H]2OC(O)[C@H](O)[C@@H](O)[C@@H]2O)cc1C. The molecule has 122 valence electrons. The molecule has 1 unspecified atom stereocenters. The first-order chi connectivity index (χ1) is 10.3. The molecule has 0 saturated carbocycles. The van der Waals surface area contributed by atoms with E-state index in [1.807, 2.05) is 13.8 Å². The predicted molar refractivity (Wildman–Crippen MR) is 75.1 cm³/mol. The van der Waals surface area contributed by atoms with Crippen LogP contribution < -0.4 is 0 Å². The van der Waals surface area contributed by atoms with Gasteiger partial charge in [-0.1, -0.05) is 6.07 Å². The van der Waals surface area contributed by atoms with Crippen LogP contribution in [-0.4, -0.2) is 63.7 Å². The lowest BCUT2D eigenvalue weighted by Gasteiger charge is -2.37. The molecule has 1 fully saturated rings. The minimum absolute atomic E-state index is 0.353. The number of carbonyl (C=O) groups is 1. The van der Waals surface area contributed by atoms with E-state index in [1.165, 1.54) is 0 Å². The van der Waals surface area contributed by atoms with Crippen molar-refractivity contribution < 1.29 is 34.7 Å². The molecule has 1 heterocycles. The Morgan fingerprint density at radius 3 is 2.41 bits per heavy atom. The number of aliphatic hydroxyl groups is 4. The standard InChI is InChI=1S/C15H20O7/c1-7-3-4-9(5-8(7)2)14(19)21-6-10-11(16)12(17)13(18)15(20)22-10/h3-5,10-13,15-18,20H,6H2,1-2H3/t10-,11-,12+,13-,15?/m1/s1. The summed E-state index contributed by atoms with van der Waals surface area (Å²) >= 11 is 0. The Balaban J connectivity index is 1.97. The second kappa shape index (κ2) is 6.72. The van der Waals surface area contributed by atoms with Crippen molar-refractivity contribution in [3.05, 3.63) is 34.9 Å². The second-order valence-corrected chi connectivity index (χ2v) is 5.43. The third-order valence-electron chi connectivity index (χ3n) is 3.81. The smallest absolute Gasteiger partial charge is 0.338 e. The van der Waals surface area contributed by atoms with Gasteiger partial charge in [0.15, 0.2) is 6.29 Å². The van der Waals surface area contributed by atoms with E-state index in [9.17, 15) is 25.2 Å². The molecule has 1 aliphatic rings. The highest BCUT2D eigenvalue weighted by molar-refractivity contribution is 5.89. The van der Waals surface area contributed by atoms with Crippen molar-refractivity contribution in [2.45, 2.75) is 44.6 Å². The Labute approximate surface area is 127 Å². The Hall–Kier alpha value is -1.51. The molecule has 0 bridgehead atoms. The average Bonchev–Trinajstić information content (AvgIpc) is 2.49. The monoisotopic (exact) mass is 312 g/mol. The summed E-state index contributed by atoms with van der Waals surface area (Å²) in [6.07, 6.45) is -7.42. The van der Waals surface area contributed by atoms with Gasteiger partial charge in [0.25, 0.3) is 0 Å². The fourth-order valence-electron chi connectivity index (χ4n) is 2.18. The molecule has 2 rings (SSSR count). The number of esters is 1. The summed E-state index contributed by atoms with van der Waals surface area (Å²) in [5, 5.41) is 38.1. The largest absolute Gasteiger partial charge is 0.459 e. The Morgan fingerprint density at radius 1 is 1.09 bits per heavy atom. The maximum Gasteiger partial charge on any atom is 0.338 e. The maximum atomic E-state index is 12.0. The van der Waals surface area contributed by atoms with Crippen LogP contribution in [-0.2, 0) is 9.47 Å². The minimum atomic E-state index is -1.65. The van der Waals surface area contributed by atoms with Crippen LogP contribution in [0.15, 0.2) is 18.2 Å². The summed E-state index contributed by atoms with van der Waals surface area (Å²) in [7, 11) is 0. The molecule has 0 aliphatic carbocycles. The summed E-state index contributed by atoms with van der Waals surface area (Å²) in [5.41, 5.74) is 2.34. The maximum absolute atomic E-state index is 12.0. The van der Waals surface area contributed by atoms with E-state index in [4.69, 9.17) is 9.47 Å². The van der Waals surface area contributed by atoms with E-state index in [2.05, 4.69) is 0 Å². The summed E-state index contributed by atoms with van der Waals surface area (Å²) in [6, 6.07) is 5.10. The van der Waals surface area contributed by atoms with E-state index < -0.39 is 36.7 Å². The summed E-state index contributed by atoms with van der Waals surface area (Å²) in [4.78, 5) is 12.0. The fourth-order valence-corrected chi connectivity index (χ4v) is 2.18. The zero-order valence-corrected chi connectivity index (χ0v) is 12.3. The molecule has 7 heteroatoms. The zero-order chi connectivity index (χ0) is 16.4. The summed E-state index contributed by atoms with van der Waals surface area (Å²) in [6.45, 7) is 3.44. The van der Waals surface area contributed by atoms with E-state index >= 15 is 0 Å². The van der Waals surface area contributed by atoms with Gasteiger partial charge in [0, 0.05) is 0 Å². The van der Waals surface area contributed by atoms with Crippen molar-refractivity contribution >= 4 is 5.97 Å². The molecule has 22 heavy (non-hydrogen) atoms. The molecule has 7 nitrogen and oxygen atoms in total. The second-order valence-electron chi connectivity index (χ2n) is 5.43. The van der Waals surface area contributed by atoms with Crippen LogP contribution >= 0.6 is 0 Å². The highest BCUT2D eigenvalue weighted by Crippen LogP contribution is 2.20. The van der Waals surface area contributed by atoms with Crippen molar-refractivity contribution in [3.8, 4) is 0 Å². The van der Waals surface area contributed by atoms with Crippen LogP contribution in [0.5, 0.6) is 0 Å². The topological polar surface area (TPSA) is 116 Å². The number of aryl methyl sites for hydroxylation is 2. The number of hydrogen-bond acceptors (Lipinski definition) is 7. The fraction of sp³-hybridized carbons (Fsp3) is 0.533. The van der Waals surface area contributed by atoms with Gasteiger partial charge >= 0.3 is 5.97 Å². The number of benzene rings is 1. The van der Waals surface area contributed by atoms with Gasteiger partial charge in [0.1, 0.15) is 31.0 Å². The van der Waals surface area contributed by atoms with Gasteiger partial charge < -0.3 is 29.9 Å². The number of carbonyl (C=O) groups excluding carboxylic acids is 1. The third kappa shape index (κ3) is 3.45. The van der Waals surface area contributed by atoms with Crippen LogP contribution in [0.4, 0.5) is 0 Å². The lowest BCUT2D eigenvalue weighted by Crippen LogP contribution is -2.58. The highest BCUT2D eigenvalue weighted by Gasteiger charge is 2.43. The minimum Gasteiger partial charge on any atom is -0.459 e. The first-order valence-electron chi connectivity index (χ1n) is 6.93. The van der Waals surface area contributed by atoms with Crippen LogP contribution in [0.3, 0.4) is 0 Å². The quantitative estimate of drug-likeness (QED) is 0.543. The summed E-state index contributed by atoms with van der Waals surface area (Å²) in [5.74, 6) is -0.603. The van der Waals surface area contributed by atoms with E-state index in [1.54, 1.807) is 18.2 Å². The van der Waals surface area contributed by atoms with Crippen LogP contribution in [0, 0.1) is 13.8 Å². The molecule has 1 saturated heterocycles. The lowest BCUT2D eigenvalue weighted by molar-refractivity contribution is -0.286. The van der Waals surface area contributed by atoms with Crippen LogP contribution in [0.2, 0.25) is 0 Å². The van der Waals surface area contributed by atoms with Gasteiger partial charge in [-0.05, 0) is 37.1 Å². The molecule has 4 N–H and O–H groups in total. The number of hydrogen-bond donors (Lipinski definition) is 4. The lowest BCUT2D eigenvalue weighted by atomic mass is 9.99. The Morgan fingerprint density at radius 2 is 1.77 bits per heavy atom. The molecule has 0 spiro atoms. The van der Waals surface area contributed by atoms with Crippen LogP contribution in [0.25, 0.3) is 0 Å². The zero-order valence-electron chi connectivity index (χ0n) is 12.3. The van der Waals surface area contributed by atoms with Gasteiger partial charge in [-0.15, -0.1) is 0 Å². The van der Waals surface area contributed by atoms with Gasteiger partial charge in [0.2, 0.25) is 0 Å². The summed E-state index contributed by atoms with van der Waals surface area (Å²) < 4.78 is 9.97. The number of aliphatic hydroxyl groups excluding tert-OH is 4. The van der Waals surface area contributed by atoms with Crippen molar-refractivity contribution in [2.24, 2.45) is 0 Å². The van der Waals surface area contributed by atoms with Crippen molar-refractivity contribution in [3.63, 3.8) is 0 Å².